The highest BCUT2D eigenvalue weighted by molar-refractivity contribution is 5.99. The van der Waals surface area contributed by atoms with Crippen molar-refractivity contribution >= 4 is 17.6 Å². The summed E-state index contributed by atoms with van der Waals surface area (Å²) in [7, 11) is 0. The maximum Gasteiger partial charge on any atom is 0.322 e. The predicted molar refractivity (Wildman–Crippen MR) is 95.4 cm³/mol. The van der Waals surface area contributed by atoms with E-state index in [9.17, 15) is 9.59 Å². The van der Waals surface area contributed by atoms with E-state index in [2.05, 4.69) is 24.4 Å². The molecule has 24 heavy (non-hydrogen) atoms. The van der Waals surface area contributed by atoms with Gasteiger partial charge in [-0.3, -0.25) is 9.69 Å². The third-order valence-corrected chi connectivity index (χ3v) is 4.78. The molecule has 5 nitrogen and oxygen atoms in total. The van der Waals surface area contributed by atoms with Crippen molar-refractivity contribution in [3.8, 4) is 0 Å². The number of aryl methyl sites for hydroxylation is 1. The van der Waals surface area contributed by atoms with Crippen molar-refractivity contribution in [2.24, 2.45) is 0 Å². The van der Waals surface area contributed by atoms with E-state index in [1.807, 2.05) is 30.0 Å². The van der Waals surface area contributed by atoms with Crippen LogP contribution in [-0.4, -0.2) is 42.5 Å². The first-order valence-electron chi connectivity index (χ1n) is 8.75. The summed E-state index contributed by atoms with van der Waals surface area (Å²) in [5.74, 6) is 0.0435. The summed E-state index contributed by atoms with van der Waals surface area (Å²) in [6, 6.07) is 5.75. The van der Waals surface area contributed by atoms with Crippen molar-refractivity contribution in [1.82, 2.24) is 10.2 Å². The molecule has 1 fully saturated rings. The van der Waals surface area contributed by atoms with Crippen LogP contribution in [0.2, 0.25) is 0 Å². The number of nitrogens with one attached hydrogen (secondary N) is 1. The highest BCUT2D eigenvalue weighted by atomic mass is 16.2. The van der Waals surface area contributed by atoms with Gasteiger partial charge in [-0.2, -0.15) is 0 Å². The lowest BCUT2D eigenvalue weighted by atomic mass is 10.1. The molecule has 0 spiro atoms. The standard InChI is InChI=1S/C19H25N3O2/c1-3-4-6-16-7-5-11-21(16)18(23)15-9-8-14(2)17(13-15)22-12-10-20-19(22)24/h5,7-9,13,16H,3-4,6,10-12H2,1-2H3,(H,20,24)/t16-/m1/s1. The largest absolute Gasteiger partial charge is 0.336 e. The van der Waals surface area contributed by atoms with Crippen LogP contribution in [0.5, 0.6) is 0 Å². The van der Waals surface area contributed by atoms with Gasteiger partial charge in [-0.05, 0) is 31.0 Å². The summed E-state index contributed by atoms with van der Waals surface area (Å²) < 4.78 is 0. The number of benzene rings is 1. The fraction of sp³-hybridized carbons (Fsp3) is 0.474. The van der Waals surface area contributed by atoms with E-state index in [0.717, 1.165) is 30.5 Å². The number of carbonyl (C=O) groups excluding carboxylic acids is 2. The smallest absolute Gasteiger partial charge is 0.322 e. The Kier molecular flexibility index (Phi) is 4.88. The van der Waals surface area contributed by atoms with Crippen LogP contribution >= 0.6 is 0 Å². The highest BCUT2D eigenvalue weighted by Crippen LogP contribution is 2.26. The molecule has 1 aromatic carbocycles. The molecule has 0 aliphatic carbocycles. The van der Waals surface area contributed by atoms with Gasteiger partial charge in [0.2, 0.25) is 0 Å². The molecule has 1 atom stereocenters. The number of hydrogen-bond donors (Lipinski definition) is 1. The quantitative estimate of drug-likeness (QED) is 0.845. The maximum atomic E-state index is 12.9. The van der Waals surface area contributed by atoms with Crippen LogP contribution in [0, 0.1) is 6.92 Å². The van der Waals surface area contributed by atoms with Crippen LogP contribution in [0.1, 0.15) is 42.1 Å². The number of hydrogen-bond acceptors (Lipinski definition) is 2. The predicted octanol–water partition coefficient (Wildman–Crippen LogP) is 3.10. The number of nitrogens with zero attached hydrogens (tertiary/aromatic N) is 2. The molecule has 1 N–H and O–H groups in total. The van der Waals surface area contributed by atoms with Crippen molar-refractivity contribution in [1.29, 1.82) is 0 Å². The molecule has 2 aliphatic heterocycles. The minimum absolute atomic E-state index is 0.0435. The van der Waals surface area contributed by atoms with Gasteiger partial charge in [0.05, 0.1) is 6.04 Å². The van der Waals surface area contributed by atoms with E-state index in [0.29, 0.717) is 25.2 Å². The molecule has 5 heteroatoms. The minimum atomic E-state index is -0.0913. The van der Waals surface area contributed by atoms with E-state index in [4.69, 9.17) is 0 Å². The number of carbonyl (C=O) groups is 2. The molecule has 2 aliphatic rings. The Morgan fingerprint density at radius 1 is 1.38 bits per heavy atom. The van der Waals surface area contributed by atoms with Crippen LogP contribution in [0.4, 0.5) is 10.5 Å². The number of urea groups is 1. The van der Waals surface area contributed by atoms with Crippen molar-refractivity contribution < 1.29 is 9.59 Å². The van der Waals surface area contributed by atoms with E-state index in [1.165, 1.54) is 0 Å². The van der Waals surface area contributed by atoms with E-state index in [-0.39, 0.29) is 18.0 Å². The molecule has 3 amide bonds. The van der Waals surface area contributed by atoms with Gasteiger partial charge in [-0.15, -0.1) is 0 Å². The highest BCUT2D eigenvalue weighted by Gasteiger charge is 2.27. The Balaban J connectivity index is 1.81. The van der Waals surface area contributed by atoms with Gasteiger partial charge in [0, 0.05) is 30.9 Å². The van der Waals surface area contributed by atoms with E-state index < -0.39 is 0 Å². The topological polar surface area (TPSA) is 52.7 Å². The van der Waals surface area contributed by atoms with Gasteiger partial charge in [0.15, 0.2) is 0 Å². The maximum absolute atomic E-state index is 12.9. The lowest BCUT2D eigenvalue weighted by Crippen LogP contribution is -2.36. The Hall–Kier alpha value is -2.30. The van der Waals surface area contributed by atoms with Crippen LogP contribution in [0.3, 0.4) is 0 Å². The fourth-order valence-electron chi connectivity index (χ4n) is 3.37. The average molecular weight is 327 g/mol. The molecule has 0 unspecified atom stereocenters. The Bertz CT molecular complexity index is 669. The monoisotopic (exact) mass is 327 g/mol. The van der Waals surface area contributed by atoms with Gasteiger partial charge in [0.1, 0.15) is 0 Å². The third kappa shape index (κ3) is 3.16. The molecule has 128 valence electrons. The molecule has 1 saturated heterocycles. The average Bonchev–Trinajstić information content (AvgIpc) is 3.21. The van der Waals surface area contributed by atoms with Gasteiger partial charge in [0.25, 0.3) is 5.91 Å². The molecular weight excluding hydrogens is 302 g/mol. The number of amides is 3. The van der Waals surface area contributed by atoms with Crippen LogP contribution in [-0.2, 0) is 0 Å². The Morgan fingerprint density at radius 3 is 2.92 bits per heavy atom. The molecule has 0 aromatic heterocycles. The number of rotatable bonds is 5. The van der Waals surface area contributed by atoms with Crippen LogP contribution in [0.15, 0.2) is 30.4 Å². The summed E-state index contributed by atoms with van der Waals surface area (Å²) in [4.78, 5) is 28.5. The van der Waals surface area contributed by atoms with Crippen LogP contribution in [0.25, 0.3) is 0 Å². The Morgan fingerprint density at radius 2 is 2.21 bits per heavy atom. The zero-order valence-electron chi connectivity index (χ0n) is 14.4. The summed E-state index contributed by atoms with van der Waals surface area (Å²) in [5.41, 5.74) is 2.49. The Labute approximate surface area is 143 Å². The lowest BCUT2D eigenvalue weighted by Gasteiger charge is -2.25. The fourth-order valence-corrected chi connectivity index (χ4v) is 3.37. The summed E-state index contributed by atoms with van der Waals surface area (Å²) in [5, 5.41) is 2.81. The first-order valence-corrected chi connectivity index (χ1v) is 8.75. The molecule has 0 bridgehead atoms. The molecule has 0 saturated carbocycles. The zero-order chi connectivity index (χ0) is 17.1. The zero-order valence-corrected chi connectivity index (χ0v) is 14.4. The van der Waals surface area contributed by atoms with Crippen LogP contribution < -0.4 is 10.2 Å². The SMILES string of the molecule is CCCC[C@@H]1C=CCN1C(=O)c1ccc(C)c(N2CCNC2=O)c1. The number of anilines is 1. The second kappa shape index (κ2) is 7.07. The van der Waals surface area contributed by atoms with Gasteiger partial charge in [-0.1, -0.05) is 38.0 Å². The molecule has 3 rings (SSSR count). The van der Waals surface area contributed by atoms with Crippen molar-refractivity contribution in [2.45, 2.75) is 39.2 Å². The van der Waals surface area contributed by atoms with Crippen molar-refractivity contribution in [2.75, 3.05) is 24.5 Å². The van der Waals surface area contributed by atoms with Gasteiger partial charge >= 0.3 is 6.03 Å². The third-order valence-electron chi connectivity index (χ3n) is 4.78. The summed E-state index contributed by atoms with van der Waals surface area (Å²) in [6.45, 7) is 6.09. The summed E-state index contributed by atoms with van der Waals surface area (Å²) in [6.07, 6.45) is 7.46. The second-order valence-corrected chi connectivity index (χ2v) is 6.48. The summed E-state index contributed by atoms with van der Waals surface area (Å²) >= 11 is 0. The molecule has 1 aromatic rings. The van der Waals surface area contributed by atoms with Gasteiger partial charge < -0.3 is 10.2 Å². The normalized spacial score (nSPS) is 19.9. The van der Waals surface area contributed by atoms with Crippen molar-refractivity contribution in [3.63, 3.8) is 0 Å². The van der Waals surface area contributed by atoms with E-state index in [1.54, 1.807) is 4.90 Å². The first kappa shape index (κ1) is 16.6. The molecule has 2 heterocycles. The second-order valence-electron chi connectivity index (χ2n) is 6.48. The minimum Gasteiger partial charge on any atom is -0.336 e. The van der Waals surface area contributed by atoms with Crippen molar-refractivity contribution in [3.05, 3.63) is 41.5 Å². The lowest BCUT2D eigenvalue weighted by molar-refractivity contribution is 0.0743. The first-order chi connectivity index (χ1) is 11.6. The number of unbranched alkanes of at least 4 members (excludes halogenated alkanes) is 1. The van der Waals surface area contributed by atoms with E-state index >= 15 is 0 Å². The molecule has 0 radical (unpaired) electrons. The molecular formula is C19H25N3O2. The van der Waals surface area contributed by atoms with Gasteiger partial charge in [-0.25, -0.2) is 4.79 Å².